The normalized spacial score (nSPS) is 10.3. The van der Waals surface area contributed by atoms with Crippen LogP contribution in [0.4, 0.5) is 10.1 Å². The summed E-state index contributed by atoms with van der Waals surface area (Å²) in [6.07, 6.45) is 1.37. The fourth-order valence-corrected chi connectivity index (χ4v) is 1.32. The number of ether oxygens (including phenoxy) is 1. The number of halogens is 1. The Morgan fingerprint density at radius 2 is 2.33 bits per heavy atom. The van der Waals surface area contributed by atoms with E-state index in [1.54, 1.807) is 7.05 Å². The van der Waals surface area contributed by atoms with Crippen molar-refractivity contribution in [3.63, 3.8) is 0 Å². The first-order valence-corrected chi connectivity index (χ1v) is 4.97. The van der Waals surface area contributed by atoms with Gasteiger partial charge in [0.1, 0.15) is 18.7 Å². The van der Waals surface area contributed by atoms with Crippen LogP contribution >= 0.6 is 0 Å². The number of nitro groups is 1. The van der Waals surface area contributed by atoms with Crippen LogP contribution in [0.15, 0.2) is 24.5 Å². The van der Waals surface area contributed by atoms with Crippen LogP contribution in [-0.2, 0) is 13.7 Å². The monoisotopic (exact) mass is 252 g/mol. The third-order valence-corrected chi connectivity index (χ3v) is 2.29. The lowest BCUT2D eigenvalue weighted by molar-refractivity contribution is -0.387. The van der Waals surface area contributed by atoms with Gasteiger partial charge < -0.3 is 4.74 Å². The van der Waals surface area contributed by atoms with E-state index in [4.69, 9.17) is 4.74 Å². The average Bonchev–Trinajstić information content (AvgIpc) is 2.72. The molecule has 0 saturated carbocycles. The summed E-state index contributed by atoms with van der Waals surface area (Å²) in [5.41, 5.74) is -0.582. The largest absolute Gasteiger partial charge is 0.486 e. The highest BCUT2D eigenvalue weighted by atomic mass is 19.1. The molecule has 0 unspecified atom stereocenters. The van der Waals surface area contributed by atoms with Crippen molar-refractivity contribution in [3.8, 4) is 5.75 Å². The van der Waals surface area contributed by atoms with E-state index in [0.29, 0.717) is 5.82 Å². The van der Waals surface area contributed by atoms with Gasteiger partial charge in [0, 0.05) is 19.2 Å². The van der Waals surface area contributed by atoms with E-state index in [1.807, 2.05) is 0 Å². The lowest BCUT2D eigenvalue weighted by atomic mass is 10.3. The molecule has 0 saturated heterocycles. The predicted molar refractivity (Wildman–Crippen MR) is 58.4 cm³/mol. The molecule has 0 amide bonds. The summed E-state index contributed by atoms with van der Waals surface area (Å²) in [6, 6.07) is 3.35. The van der Waals surface area contributed by atoms with Crippen molar-refractivity contribution in [2.75, 3.05) is 0 Å². The summed E-state index contributed by atoms with van der Waals surface area (Å²) in [4.78, 5) is 13.6. The van der Waals surface area contributed by atoms with E-state index < -0.39 is 16.4 Å². The topological polar surface area (TPSA) is 83.1 Å². The molecule has 8 heteroatoms. The minimum Gasteiger partial charge on any atom is -0.486 e. The fourth-order valence-electron chi connectivity index (χ4n) is 1.32. The maximum Gasteiger partial charge on any atom is 0.305 e. The summed E-state index contributed by atoms with van der Waals surface area (Å²) in [6.45, 7) is 0.105. The molecule has 18 heavy (non-hydrogen) atoms. The Labute approximate surface area is 101 Å². The molecule has 0 atom stereocenters. The maximum absolute atomic E-state index is 13.3. The third-order valence-electron chi connectivity index (χ3n) is 2.29. The number of nitrogens with zero attached hydrogens (tertiary/aromatic N) is 4. The molecule has 1 aromatic carbocycles. The summed E-state index contributed by atoms with van der Waals surface area (Å²) in [5, 5.41) is 14.3. The SMILES string of the molecule is Cn1ncnc1COc1ccc([N+](=O)[O-])c(F)c1. The van der Waals surface area contributed by atoms with Crippen LogP contribution < -0.4 is 4.74 Å². The molecular formula is C10H9FN4O3. The molecule has 1 heterocycles. The van der Waals surface area contributed by atoms with E-state index in [2.05, 4.69) is 10.1 Å². The van der Waals surface area contributed by atoms with Gasteiger partial charge in [-0.05, 0) is 6.07 Å². The number of hydrogen-bond acceptors (Lipinski definition) is 5. The third kappa shape index (κ3) is 2.42. The molecule has 0 aliphatic rings. The van der Waals surface area contributed by atoms with Gasteiger partial charge in [0.05, 0.1) is 4.92 Å². The van der Waals surface area contributed by atoms with Crippen LogP contribution in [0.3, 0.4) is 0 Å². The molecule has 7 nitrogen and oxygen atoms in total. The molecule has 1 aromatic heterocycles. The Kier molecular flexibility index (Phi) is 3.18. The highest BCUT2D eigenvalue weighted by Crippen LogP contribution is 2.22. The molecular weight excluding hydrogens is 243 g/mol. The number of benzene rings is 1. The second-order valence-corrected chi connectivity index (χ2v) is 3.46. The van der Waals surface area contributed by atoms with Gasteiger partial charge in [0.15, 0.2) is 5.82 Å². The van der Waals surface area contributed by atoms with E-state index in [0.717, 1.165) is 12.1 Å². The van der Waals surface area contributed by atoms with Crippen molar-refractivity contribution in [1.29, 1.82) is 0 Å². The molecule has 2 rings (SSSR count). The van der Waals surface area contributed by atoms with Gasteiger partial charge in [-0.25, -0.2) is 4.98 Å². The second-order valence-electron chi connectivity index (χ2n) is 3.46. The first kappa shape index (κ1) is 12.0. The van der Waals surface area contributed by atoms with Crippen LogP contribution in [0.25, 0.3) is 0 Å². The fraction of sp³-hybridized carbons (Fsp3) is 0.200. The molecule has 0 N–H and O–H groups in total. The first-order valence-electron chi connectivity index (χ1n) is 4.97. The van der Waals surface area contributed by atoms with Crippen LogP contribution in [0.2, 0.25) is 0 Å². The molecule has 0 fully saturated rings. The van der Waals surface area contributed by atoms with Crippen molar-refractivity contribution in [1.82, 2.24) is 14.8 Å². The number of rotatable bonds is 4. The zero-order valence-corrected chi connectivity index (χ0v) is 9.41. The predicted octanol–water partition coefficient (Wildman–Crippen LogP) is 1.44. The zero-order valence-electron chi connectivity index (χ0n) is 9.41. The van der Waals surface area contributed by atoms with E-state index in [1.165, 1.54) is 17.1 Å². The summed E-state index contributed by atoms with van der Waals surface area (Å²) < 4.78 is 20.1. The van der Waals surface area contributed by atoms with Crippen molar-refractivity contribution >= 4 is 5.69 Å². The Morgan fingerprint density at radius 3 is 2.89 bits per heavy atom. The Bertz CT molecular complexity index is 584. The molecule has 0 bridgehead atoms. The van der Waals surface area contributed by atoms with Gasteiger partial charge in [-0.15, -0.1) is 0 Å². The number of aryl methyl sites for hydroxylation is 1. The summed E-state index contributed by atoms with van der Waals surface area (Å²) in [7, 11) is 1.70. The summed E-state index contributed by atoms with van der Waals surface area (Å²) in [5.74, 6) is -0.176. The van der Waals surface area contributed by atoms with Crippen LogP contribution in [0.5, 0.6) is 5.75 Å². The minimum absolute atomic E-state index is 0.105. The Hall–Kier alpha value is -2.51. The zero-order chi connectivity index (χ0) is 13.1. The number of nitro benzene ring substituents is 1. The average molecular weight is 252 g/mol. The number of aromatic nitrogens is 3. The van der Waals surface area contributed by atoms with Crippen molar-refractivity contribution in [2.45, 2.75) is 6.61 Å². The molecule has 0 spiro atoms. The quantitative estimate of drug-likeness (QED) is 0.607. The number of hydrogen-bond donors (Lipinski definition) is 0. The van der Waals surface area contributed by atoms with E-state index >= 15 is 0 Å². The summed E-state index contributed by atoms with van der Waals surface area (Å²) >= 11 is 0. The van der Waals surface area contributed by atoms with Crippen LogP contribution in [-0.4, -0.2) is 19.7 Å². The van der Waals surface area contributed by atoms with Gasteiger partial charge >= 0.3 is 5.69 Å². The van der Waals surface area contributed by atoms with Gasteiger partial charge in [-0.3, -0.25) is 14.8 Å². The smallest absolute Gasteiger partial charge is 0.305 e. The van der Waals surface area contributed by atoms with E-state index in [9.17, 15) is 14.5 Å². The molecule has 0 aliphatic heterocycles. The minimum atomic E-state index is -0.935. The van der Waals surface area contributed by atoms with Crippen molar-refractivity contribution in [2.24, 2.45) is 7.05 Å². The van der Waals surface area contributed by atoms with Crippen molar-refractivity contribution in [3.05, 3.63) is 46.3 Å². The van der Waals surface area contributed by atoms with Crippen molar-refractivity contribution < 1.29 is 14.1 Å². The molecule has 0 aliphatic carbocycles. The highest BCUT2D eigenvalue weighted by Gasteiger charge is 2.14. The first-order chi connectivity index (χ1) is 8.58. The van der Waals surface area contributed by atoms with Crippen LogP contribution in [0.1, 0.15) is 5.82 Å². The van der Waals surface area contributed by atoms with Gasteiger partial charge in [-0.1, -0.05) is 0 Å². The molecule has 94 valence electrons. The van der Waals surface area contributed by atoms with Gasteiger partial charge in [-0.2, -0.15) is 9.49 Å². The highest BCUT2D eigenvalue weighted by molar-refractivity contribution is 5.37. The lowest BCUT2D eigenvalue weighted by Gasteiger charge is -2.05. The van der Waals surface area contributed by atoms with Gasteiger partial charge in [0.25, 0.3) is 0 Å². The van der Waals surface area contributed by atoms with Gasteiger partial charge in [0.2, 0.25) is 5.82 Å². The molecule has 2 aromatic rings. The standard InChI is InChI=1S/C10H9FN4O3/c1-14-10(12-6-13-14)5-18-7-2-3-9(15(16)17)8(11)4-7/h2-4,6H,5H2,1H3. The van der Waals surface area contributed by atoms with Crippen LogP contribution in [0, 0.1) is 15.9 Å². The van der Waals surface area contributed by atoms with E-state index in [-0.39, 0.29) is 12.4 Å². The maximum atomic E-state index is 13.3. The Morgan fingerprint density at radius 1 is 1.56 bits per heavy atom. The second kappa shape index (κ2) is 4.78. The molecule has 0 radical (unpaired) electrons. The lowest BCUT2D eigenvalue weighted by Crippen LogP contribution is -2.04. The Balaban J connectivity index is 2.09.